The van der Waals surface area contributed by atoms with Crippen molar-refractivity contribution in [3.63, 3.8) is 0 Å². The normalized spacial score (nSPS) is 17.4. The molecule has 7 nitrogen and oxygen atoms in total. The van der Waals surface area contributed by atoms with Crippen molar-refractivity contribution in [3.8, 4) is 5.75 Å². The number of anilines is 2. The lowest BCUT2D eigenvalue weighted by molar-refractivity contribution is -0.000288. The predicted octanol–water partition coefficient (Wildman–Crippen LogP) is 3.92. The quantitative estimate of drug-likeness (QED) is 0.610. The van der Waals surface area contributed by atoms with Gasteiger partial charge in [-0.15, -0.1) is 0 Å². The van der Waals surface area contributed by atoms with Crippen LogP contribution in [0.2, 0.25) is 0 Å². The van der Waals surface area contributed by atoms with Crippen LogP contribution in [0.3, 0.4) is 0 Å². The number of aromatic nitrogens is 1. The van der Waals surface area contributed by atoms with Crippen molar-refractivity contribution in [2.24, 2.45) is 0 Å². The van der Waals surface area contributed by atoms with Gasteiger partial charge in [0.1, 0.15) is 5.69 Å². The second kappa shape index (κ2) is 8.23. The minimum atomic E-state index is -1.05. The maximum atomic E-state index is 11.8. The fourth-order valence-corrected chi connectivity index (χ4v) is 3.47. The van der Waals surface area contributed by atoms with E-state index in [9.17, 15) is 15.0 Å². The highest BCUT2D eigenvalue weighted by Crippen LogP contribution is 2.42. The number of nitrogens with one attached hydrogen (secondary N) is 1. The van der Waals surface area contributed by atoms with Crippen LogP contribution in [0.25, 0.3) is 5.57 Å². The third-order valence-electron chi connectivity index (χ3n) is 5.05. The zero-order valence-corrected chi connectivity index (χ0v) is 16.2. The van der Waals surface area contributed by atoms with E-state index in [-0.39, 0.29) is 5.56 Å². The predicted molar refractivity (Wildman–Crippen MR) is 109 cm³/mol. The minimum absolute atomic E-state index is 0.209. The van der Waals surface area contributed by atoms with E-state index < -0.39 is 12.3 Å². The number of ether oxygens (including phenoxy) is 2. The average Bonchev–Trinajstić information content (AvgIpc) is 3.55. The number of carboxylic acid groups (broad SMARTS) is 1. The Morgan fingerprint density at radius 3 is 2.79 bits per heavy atom. The molecule has 3 N–H and O–H groups in total. The molecule has 1 saturated carbocycles. The largest absolute Gasteiger partial charge is 0.478 e. The van der Waals surface area contributed by atoms with Gasteiger partial charge in [-0.05, 0) is 61.4 Å². The zero-order chi connectivity index (χ0) is 20.4. The highest BCUT2D eigenvalue weighted by Gasteiger charge is 2.26. The number of rotatable bonds is 7. The number of pyridine rings is 1. The molecule has 2 aromatic rings. The van der Waals surface area contributed by atoms with Crippen molar-refractivity contribution in [2.75, 3.05) is 18.5 Å². The van der Waals surface area contributed by atoms with Crippen LogP contribution in [0.4, 0.5) is 11.4 Å². The van der Waals surface area contributed by atoms with Gasteiger partial charge in [0.2, 0.25) is 0 Å². The van der Waals surface area contributed by atoms with Crippen molar-refractivity contribution in [2.45, 2.75) is 38.4 Å². The van der Waals surface area contributed by atoms with Gasteiger partial charge in [-0.2, -0.15) is 0 Å². The molecule has 0 spiro atoms. The standard InChI is InChI=1S/C22H24N2O5/c1-13(25)29-21-19(6-9-23-20(21)15-7-10-28-11-8-15)24-18-5-4-16(14-2-3-14)12-17(18)22(26)27/h4-7,9,12-14,25H,2-3,8,10-11H2,1H3,(H,23,24)(H,26,27)/t13-/m0/s1. The molecule has 4 rings (SSSR count). The van der Waals surface area contributed by atoms with Gasteiger partial charge in [0, 0.05) is 6.20 Å². The van der Waals surface area contributed by atoms with E-state index in [1.54, 1.807) is 24.4 Å². The van der Waals surface area contributed by atoms with Gasteiger partial charge in [-0.25, -0.2) is 4.79 Å². The molecule has 2 heterocycles. The van der Waals surface area contributed by atoms with Crippen LogP contribution in [-0.2, 0) is 4.74 Å². The van der Waals surface area contributed by atoms with Crippen LogP contribution in [0, 0.1) is 0 Å². The fourth-order valence-electron chi connectivity index (χ4n) is 3.47. The molecule has 2 aliphatic rings. The Kier molecular flexibility index (Phi) is 5.51. The number of benzene rings is 1. The Labute approximate surface area is 169 Å². The molecule has 152 valence electrons. The summed E-state index contributed by atoms with van der Waals surface area (Å²) < 4.78 is 11.0. The summed E-state index contributed by atoms with van der Waals surface area (Å²) in [6, 6.07) is 7.20. The highest BCUT2D eigenvalue weighted by molar-refractivity contribution is 5.96. The fraction of sp³-hybridized carbons (Fsp3) is 0.364. The van der Waals surface area contributed by atoms with Crippen molar-refractivity contribution in [3.05, 3.63) is 53.4 Å². The van der Waals surface area contributed by atoms with Gasteiger partial charge >= 0.3 is 5.97 Å². The second-order valence-corrected chi connectivity index (χ2v) is 7.32. The topological polar surface area (TPSA) is 101 Å². The molecular weight excluding hydrogens is 372 g/mol. The van der Waals surface area contributed by atoms with E-state index in [1.165, 1.54) is 6.92 Å². The summed E-state index contributed by atoms with van der Waals surface area (Å²) in [5.41, 5.74) is 3.86. The molecule has 1 aliphatic heterocycles. The van der Waals surface area contributed by atoms with Gasteiger partial charge in [0.15, 0.2) is 12.0 Å². The first kappa shape index (κ1) is 19.4. The SMILES string of the molecule is C[C@@H](O)Oc1c(Nc2ccc(C3CC3)cc2C(=O)O)ccnc1C1=CCOCC1. The first-order valence-electron chi connectivity index (χ1n) is 9.78. The number of carboxylic acids is 1. The number of hydrogen-bond donors (Lipinski definition) is 3. The van der Waals surface area contributed by atoms with Gasteiger partial charge in [-0.1, -0.05) is 12.1 Å². The van der Waals surface area contributed by atoms with E-state index in [1.807, 2.05) is 12.1 Å². The molecule has 1 aliphatic carbocycles. The Morgan fingerprint density at radius 2 is 2.14 bits per heavy atom. The molecule has 0 saturated heterocycles. The summed E-state index contributed by atoms with van der Waals surface area (Å²) in [4.78, 5) is 16.3. The summed E-state index contributed by atoms with van der Waals surface area (Å²) in [7, 11) is 0. The summed E-state index contributed by atoms with van der Waals surface area (Å²) in [6.45, 7) is 2.60. The number of aliphatic hydroxyl groups is 1. The van der Waals surface area contributed by atoms with Gasteiger partial charge in [0.25, 0.3) is 0 Å². The Balaban J connectivity index is 1.73. The molecule has 0 amide bonds. The van der Waals surface area contributed by atoms with Crippen LogP contribution in [0.15, 0.2) is 36.5 Å². The van der Waals surface area contributed by atoms with Crippen LogP contribution >= 0.6 is 0 Å². The zero-order valence-electron chi connectivity index (χ0n) is 16.2. The maximum Gasteiger partial charge on any atom is 0.337 e. The number of carbonyl (C=O) groups is 1. The van der Waals surface area contributed by atoms with Gasteiger partial charge in [-0.3, -0.25) is 4.98 Å². The summed E-state index contributed by atoms with van der Waals surface area (Å²) in [5.74, 6) is -0.142. The lowest BCUT2D eigenvalue weighted by atomic mass is 10.0. The van der Waals surface area contributed by atoms with Crippen molar-refractivity contribution in [1.82, 2.24) is 4.98 Å². The van der Waals surface area contributed by atoms with Crippen LogP contribution in [0.5, 0.6) is 5.75 Å². The van der Waals surface area contributed by atoms with E-state index >= 15 is 0 Å². The van der Waals surface area contributed by atoms with Crippen molar-refractivity contribution < 1.29 is 24.5 Å². The Hall–Kier alpha value is -2.90. The van der Waals surface area contributed by atoms with E-state index in [0.717, 1.165) is 24.0 Å². The summed E-state index contributed by atoms with van der Waals surface area (Å²) >= 11 is 0. The molecule has 1 aromatic carbocycles. The monoisotopic (exact) mass is 396 g/mol. The number of hydrogen-bond acceptors (Lipinski definition) is 6. The second-order valence-electron chi connectivity index (χ2n) is 7.32. The lowest BCUT2D eigenvalue weighted by Gasteiger charge is -2.21. The number of aliphatic hydroxyl groups excluding tert-OH is 1. The Bertz CT molecular complexity index is 950. The lowest BCUT2D eigenvalue weighted by Crippen LogP contribution is -2.15. The van der Waals surface area contributed by atoms with Crippen LogP contribution < -0.4 is 10.1 Å². The molecule has 7 heteroatoms. The van der Waals surface area contributed by atoms with Gasteiger partial charge < -0.3 is 25.0 Å². The van der Waals surface area contributed by atoms with Gasteiger partial charge in [0.05, 0.1) is 30.2 Å². The molecule has 0 bridgehead atoms. The van der Waals surface area contributed by atoms with E-state index in [2.05, 4.69) is 10.3 Å². The van der Waals surface area contributed by atoms with Crippen molar-refractivity contribution in [1.29, 1.82) is 0 Å². The number of nitrogens with zero attached hydrogens (tertiary/aromatic N) is 1. The average molecular weight is 396 g/mol. The maximum absolute atomic E-state index is 11.8. The van der Waals surface area contributed by atoms with Crippen LogP contribution in [-0.4, -0.2) is 40.7 Å². The molecule has 0 radical (unpaired) electrons. The van der Waals surface area contributed by atoms with E-state index in [0.29, 0.717) is 48.4 Å². The number of aromatic carboxylic acids is 1. The summed E-state index contributed by atoms with van der Waals surface area (Å²) in [6.07, 6.45) is 5.42. The molecule has 1 aromatic heterocycles. The molecule has 1 fully saturated rings. The third kappa shape index (κ3) is 4.41. The molecule has 0 unspecified atom stereocenters. The first-order chi connectivity index (χ1) is 14.0. The van der Waals surface area contributed by atoms with Crippen LogP contribution in [0.1, 0.15) is 53.7 Å². The summed E-state index contributed by atoms with van der Waals surface area (Å²) in [5, 5.41) is 22.7. The molecule has 1 atom stereocenters. The molecular formula is C22H24N2O5. The smallest absolute Gasteiger partial charge is 0.337 e. The highest BCUT2D eigenvalue weighted by atomic mass is 16.6. The molecule has 29 heavy (non-hydrogen) atoms. The van der Waals surface area contributed by atoms with Crippen molar-refractivity contribution >= 4 is 22.9 Å². The van der Waals surface area contributed by atoms with E-state index in [4.69, 9.17) is 9.47 Å². The Morgan fingerprint density at radius 1 is 1.31 bits per heavy atom. The third-order valence-corrected chi connectivity index (χ3v) is 5.05. The first-order valence-corrected chi connectivity index (χ1v) is 9.78. The minimum Gasteiger partial charge on any atom is -0.478 e.